The number of hydrogen-bond acceptors (Lipinski definition) is 4. The number of amides is 1. The molecule has 1 fully saturated rings. The number of benzene rings is 1. The number of fused-ring (bicyclic) bond motifs is 2. The maximum atomic E-state index is 13.1. The Hall–Kier alpha value is -4.17. The number of carbonyl (C=O) groups is 1. The Morgan fingerprint density at radius 1 is 1.05 bits per heavy atom. The van der Waals surface area contributed by atoms with Gasteiger partial charge in [0.25, 0.3) is 5.56 Å². The van der Waals surface area contributed by atoms with E-state index in [9.17, 15) is 9.59 Å². The molecule has 1 amide bonds. The van der Waals surface area contributed by atoms with E-state index in [-0.39, 0.29) is 11.5 Å². The Labute approximate surface area is 214 Å². The number of hydrogen-bond donors (Lipinski definition) is 3. The summed E-state index contributed by atoms with van der Waals surface area (Å²) in [7, 11) is 1.91. The van der Waals surface area contributed by atoms with E-state index in [2.05, 4.69) is 61.7 Å². The minimum atomic E-state index is -0.107. The highest BCUT2D eigenvalue weighted by atomic mass is 16.1. The molecule has 0 spiro atoms. The van der Waals surface area contributed by atoms with Crippen molar-refractivity contribution in [2.24, 2.45) is 7.05 Å². The van der Waals surface area contributed by atoms with Gasteiger partial charge in [0.15, 0.2) is 0 Å². The summed E-state index contributed by atoms with van der Waals surface area (Å²) >= 11 is 0. The summed E-state index contributed by atoms with van der Waals surface area (Å²) in [6, 6.07) is 10.4. The fraction of sp³-hybridized carbons (Fsp3) is 0.276. The van der Waals surface area contributed by atoms with Crippen molar-refractivity contribution in [3.63, 3.8) is 0 Å². The van der Waals surface area contributed by atoms with Crippen LogP contribution in [0.15, 0.2) is 53.6 Å². The van der Waals surface area contributed by atoms with Gasteiger partial charge in [0.1, 0.15) is 0 Å². The Balaban J connectivity index is 1.28. The maximum absolute atomic E-state index is 13.1. The number of nitrogens with zero attached hydrogens (tertiary/aromatic N) is 3. The van der Waals surface area contributed by atoms with Crippen LogP contribution in [0.4, 0.5) is 0 Å². The summed E-state index contributed by atoms with van der Waals surface area (Å²) in [5.41, 5.74) is 5.71. The normalized spacial score (nSPS) is 16.2. The van der Waals surface area contributed by atoms with Crippen molar-refractivity contribution < 1.29 is 4.79 Å². The molecule has 0 bridgehead atoms. The molecule has 0 unspecified atom stereocenters. The molecule has 4 heterocycles. The molecule has 1 saturated heterocycles. The van der Waals surface area contributed by atoms with Gasteiger partial charge in [0.2, 0.25) is 5.91 Å². The van der Waals surface area contributed by atoms with E-state index in [1.807, 2.05) is 31.6 Å². The van der Waals surface area contributed by atoms with Crippen LogP contribution in [0.2, 0.25) is 0 Å². The summed E-state index contributed by atoms with van der Waals surface area (Å²) in [6.45, 7) is 3.32. The van der Waals surface area contributed by atoms with Gasteiger partial charge in [-0.15, -0.1) is 0 Å². The molecule has 1 aliphatic carbocycles. The van der Waals surface area contributed by atoms with Crippen molar-refractivity contribution in [3.05, 3.63) is 80.9 Å². The van der Waals surface area contributed by atoms with Crippen molar-refractivity contribution in [2.75, 3.05) is 26.2 Å². The molecule has 4 aromatic rings. The van der Waals surface area contributed by atoms with Gasteiger partial charge >= 0.3 is 0 Å². The zero-order valence-electron chi connectivity index (χ0n) is 20.9. The molecular formula is C29H30N6O2. The van der Waals surface area contributed by atoms with Crippen LogP contribution in [-0.4, -0.2) is 56.7 Å². The molecule has 3 N–H and O–H groups in total. The van der Waals surface area contributed by atoms with E-state index in [0.717, 1.165) is 70.8 Å². The maximum Gasteiger partial charge on any atom is 0.257 e. The highest BCUT2D eigenvalue weighted by Crippen LogP contribution is 2.23. The fourth-order valence-corrected chi connectivity index (χ4v) is 5.16. The Kier molecular flexibility index (Phi) is 6.10. The number of aryl methyl sites for hydroxylation is 1. The molecule has 0 atom stereocenters. The van der Waals surface area contributed by atoms with Gasteiger partial charge in [-0.2, -0.15) is 5.10 Å². The minimum Gasteiger partial charge on any atom is -0.355 e. The van der Waals surface area contributed by atoms with Gasteiger partial charge in [-0.3, -0.25) is 14.3 Å². The number of rotatable bonds is 5. The zero-order valence-corrected chi connectivity index (χ0v) is 20.9. The quantitative estimate of drug-likeness (QED) is 0.393. The second-order valence-electron chi connectivity index (χ2n) is 9.82. The van der Waals surface area contributed by atoms with E-state index in [1.54, 1.807) is 4.68 Å². The van der Waals surface area contributed by atoms with Crippen LogP contribution in [0.1, 0.15) is 24.0 Å². The van der Waals surface area contributed by atoms with Crippen LogP contribution in [0.25, 0.3) is 39.9 Å². The first-order chi connectivity index (χ1) is 18.0. The number of aromatic amines is 2. The third-order valence-electron chi connectivity index (χ3n) is 7.21. The lowest BCUT2D eigenvalue weighted by Gasteiger charge is -2.18. The van der Waals surface area contributed by atoms with Crippen molar-refractivity contribution in [1.82, 2.24) is 30.0 Å². The molecule has 8 nitrogen and oxygen atoms in total. The third kappa shape index (κ3) is 4.93. The third-order valence-corrected chi connectivity index (χ3v) is 7.21. The van der Waals surface area contributed by atoms with Crippen molar-refractivity contribution in [1.29, 1.82) is 0 Å². The van der Waals surface area contributed by atoms with Crippen LogP contribution in [0, 0.1) is 0 Å². The number of aromatic nitrogens is 4. The molecule has 8 heteroatoms. The molecule has 1 aromatic carbocycles. The average molecular weight is 495 g/mol. The predicted molar refractivity (Wildman–Crippen MR) is 146 cm³/mol. The highest BCUT2D eigenvalue weighted by Gasteiger charge is 2.14. The first kappa shape index (κ1) is 23.2. The number of allylic oxidation sites excluding steroid dienone is 2. The summed E-state index contributed by atoms with van der Waals surface area (Å²) in [4.78, 5) is 33.5. The monoisotopic (exact) mass is 494 g/mol. The Morgan fingerprint density at radius 3 is 2.84 bits per heavy atom. The van der Waals surface area contributed by atoms with E-state index < -0.39 is 0 Å². The number of H-pyrrole nitrogens is 2. The highest BCUT2D eigenvalue weighted by molar-refractivity contribution is 5.89. The van der Waals surface area contributed by atoms with E-state index in [1.165, 1.54) is 5.56 Å². The molecule has 1 aliphatic heterocycles. The summed E-state index contributed by atoms with van der Waals surface area (Å²) < 4.78 is 1.79. The van der Waals surface area contributed by atoms with Crippen LogP contribution in [-0.2, 0) is 18.3 Å². The molecular weight excluding hydrogens is 464 g/mol. The second kappa shape index (κ2) is 9.71. The zero-order chi connectivity index (χ0) is 25.4. The summed E-state index contributed by atoms with van der Waals surface area (Å²) in [5, 5.41) is 10.1. The molecule has 2 aliphatic rings. The van der Waals surface area contributed by atoms with Crippen LogP contribution >= 0.6 is 0 Å². The van der Waals surface area contributed by atoms with Crippen molar-refractivity contribution >= 4 is 34.5 Å². The van der Waals surface area contributed by atoms with Gasteiger partial charge in [0.05, 0.1) is 17.5 Å². The average Bonchev–Trinajstić information content (AvgIpc) is 3.38. The van der Waals surface area contributed by atoms with E-state index in [4.69, 9.17) is 0 Å². The minimum absolute atomic E-state index is 0.107. The molecule has 0 radical (unpaired) electrons. The Morgan fingerprint density at radius 2 is 1.97 bits per heavy atom. The first-order valence-electron chi connectivity index (χ1n) is 12.8. The molecule has 0 saturated carbocycles. The number of pyridine rings is 1. The van der Waals surface area contributed by atoms with E-state index >= 15 is 0 Å². The Bertz CT molecular complexity index is 1700. The summed E-state index contributed by atoms with van der Waals surface area (Å²) in [5.74, 6) is 0.136. The number of nitrogens with one attached hydrogen (secondary N) is 3. The molecule has 3 aromatic heterocycles. The molecule has 188 valence electrons. The van der Waals surface area contributed by atoms with E-state index in [0.29, 0.717) is 18.5 Å². The largest absolute Gasteiger partial charge is 0.355 e. The fourth-order valence-electron chi connectivity index (χ4n) is 5.16. The SMILES string of the molecule is Cn1cc(C2=CCC=c3[nH]c(=O)c(-c4cc5cc(CCN6CCNC(=O)CC6)ccc5[nH]4)cc3=C2)cn1. The lowest BCUT2D eigenvalue weighted by Crippen LogP contribution is -2.34. The van der Waals surface area contributed by atoms with Crippen molar-refractivity contribution in [3.8, 4) is 11.3 Å². The van der Waals surface area contributed by atoms with Gasteiger partial charge in [-0.05, 0) is 59.5 Å². The van der Waals surface area contributed by atoms with Gasteiger partial charge in [-0.25, -0.2) is 0 Å². The van der Waals surface area contributed by atoms with Crippen LogP contribution < -0.4 is 21.4 Å². The van der Waals surface area contributed by atoms with Crippen LogP contribution in [0.3, 0.4) is 0 Å². The van der Waals surface area contributed by atoms with Gasteiger partial charge in [-0.1, -0.05) is 18.2 Å². The molecule has 37 heavy (non-hydrogen) atoms. The lowest BCUT2D eigenvalue weighted by molar-refractivity contribution is -0.120. The summed E-state index contributed by atoms with van der Waals surface area (Å²) in [6.07, 6.45) is 12.4. The van der Waals surface area contributed by atoms with Crippen molar-refractivity contribution in [2.45, 2.75) is 19.3 Å². The smallest absolute Gasteiger partial charge is 0.257 e. The van der Waals surface area contributed by atoms with Crippen LogP contribution in [0.5, 0.6) is 0 Å². The molecule has 6 rings (SSSR count). The number of carbonyl (C=O) groups excluding carboxylic acids is 1. The standard InChI is InChI=1S/C29H30N6O2/c1-34-18-23(17-31-34)20-3-2-4-25-22(14-20)15-24(29(37)33-25)27-16-21-13-19(5-6-26(21)32-27)7-10-35-11-8-28(36)30-9-12-35/h3-6,13-18,32H,2,7-12H2,1H3,(H,30,36)(H,33,37). The lowest BCUT2D eigenvalue weighted by atomic mass is 10.1. The van der Waals surface area contributed by atoms with Gasteiger partial charge in [0, 0.05) is 67.7 Å². The van der Waals surface area contributed by atoms with Gasteiger partial charge < -0.3 is 20.2 Å². The second-order valence-corrected chi connectivity index (χ2v) is 9.82. The predicted octanol–water partition coefficient (Wildman–Crippen LogP) is 1.67. The first-order valence-corrected chi connectivity index (χ1v) is 12.8. The topological polar surface area (TPSA) is 98.8 Å².